The molecule has 0 amide bonds. The van der Waals surface area contributed by atoms with E-state index >= 15 is 0 Å². The second kappa shape index (κ2) is 6.49. The molecule has 0 spiro atoms. The van der Waals surface area contributed by atoms with Gasteiger partial charge in [-0.3, -0.25) is 9.88 Å². The van der Waals surface area contributed by atoms with Gasteiger partial charge in [-0.25, -0.2) is 0 Å². The van der Waals surface area contributed by atoms with E-state index in [-0.39, 0.29) is 0 Å². The number of pyridine rings is 1. The monoisotopic (exact) mass is 296 g/mol. The number of benzene rings is 1. The van der Waals surface area contributed by atoms with Gasteiger partial charge in [-0.05, 0) is 36.6 Å². The second-order valence-corrected chi connectivity index (χ2v) is 6.55. The van der Waals surface area contributed by atoms with Crippen LogP contribution in [-0.2, 0) is 6.54 Å². The van der Waals surface area contributed by atoms with E-state index in [2.05, 4.69) is 54.9 Å². The molecule has 0 aliphatic carbocycles. The maximum atomic E-state index is 6.01. The van der Waals surface area contributed by atoms with Crippen molar-refractivity contribution in [3.05, 3.63) is 48.3 Å². The summed E-state index contributed by atoms with van der Waals surface area (Å²) in [7, 11) is 0. The average molecular weight is 296 g/mol. The number of hydrogen-bond donors (Lipinski definition) is 0. The highest BCUT2D eigenvalue weighted by Gasteiger charge is 2.22. The van der Waals surface area contributed by atoms with Crippen LogP contribution in [0.15, 0.2) is 42.7 Å². The Kier molecular flexibility index (Phi) is 4.44. The summed E-state index contributed by atoms with van der Waals surface area (Å²) in [6.07, 6.45) is 3.72. The molecule has 1 atom stereocenters. The zero-order chi connectivity index (χ0) is 15.5. The SMILES string of the molecule is CC(C)CN1Cc2cc(-c3cccnc3)ccc2OC[C@@H]1C. The molecule has 0 unspecified atom stereocenters. The number of nitrogens with zero attached hydrogens (tertiary/aromatic N) is 2. The van der Waals surface area contributed by atoms with Crippen LogP contribution in [0.25, 0.3) is 11.1 Å². The lowest BCUT2D eigenvalue weighted by atomic mass is 10.0. The Morgan fingerprint density at radius 3 is 2.86 bits per heavy atom. The first-order valence-electron chi connectivity index (χ1n) is 8.03. The Balaban J connectivity index is 1.91. The largest absolute Gasteiger partial charge is 0.492 e. The quantitative estimate of drug-likeness (QED) is 0.856. The standard InChI is InChI=1S/C19H24N2O/c1-14(2)11-21-12-18-9-16(17-5-4-8-20-10-17)6-7-19(18)22-13-15(21)3/h4-10,14-15H,11-13H2,1-3H3/t15-/m0/s1. The van der Waals surface area contributed by atoms with Crippen LogP contribution < -0.4 is 4.74 Å². The van der Waals surface area contributed by atoms with Crippen molar-refractivity contribution >= 4 is 0 Å². The molecule has 22 heavy (non-hydrogen) atoms. The fourth-order valence-corrected chi connectivity index (χ4v) is 2.96. The summed E-state index contributed by atoms with van der Waals surface area (Å²) in [5.41, 5.74) is 3.62. The van der Waals surface area contributed by atoms with Gasteiger partial charge >= 0.3 is 0 Å². The first-order valence-corrected chi connectivity index (χ1v) is 8.03. The molecular formula is C19H24N2O. The molecule has 0 bridgehead atoms. The molecule has 0 N–H and O–H groups in total. The van der Waals surface area contributed by atoms with Gasteiger partial charge in [0.1, 0.15) is 12.4 Å². The number of aromatic nitrogens is 1. The molecule has 1 aliphatic rings. The van der Waals surface area contributed by atoms with Crippen LogP contribution in [0, 0.1) is 5.92 Å². The van der Waals surface area contributed by atoms with Crippen LogP contribution in [0.3, 0.4) is 0 Å². The maximum Gasteiger partial charge on any atom is 0.123 e. The highest BCUT2D eigenvalue weighted by molar-refractivity contribution is 5.64. The van der Waals surface area contributed by atoms with E-state index in [1.165, 1.54) is 11.1 Å². The molecule has 116 valence electrons. The van der Waals surface area contributed by atoms with Crippen LogP contribution >= 0.6 is 0 Å². The van der Waals surface area contributed by atoms with Crippen molar-refractivity contribution in [2.24, 2.45) is 5.92 Å². The van der Waals surface area contributed by atoms with Crippen molar-refractivity contribution in [2.75, 3.05) is 13.2 Å². The predicted molar refractivity (Wildman–Crippen MR) is 89.9 cm³/mol. The molecule has 0 radical (unpaired) electrons. The third kappa shape index (κ3) is 3.30. The molecule has 1 aromatic heterocycles. The molecule has 3 nitrogen and oxygen atoms in total. The summed E-state index contributed by atoms with van der Waals surface area (Å²) < 4.78 is 6.01. The molecule has 3 rings (SSSR count). The van der Waals surface area contributed by atoms with Gasteiger partial charge in [-0.1, -0.05) is 26.0 Å². The molecule has 0 saturated carbocycles. The molecule has 1 aromatic carbocycles. The van der Waals surface area contributed by atoms with E-state index in [0.717, 1.165) is 31.0 Å². The Hall–Kier alpha value is -1.87. The fourth-order valence-electron chi connectivity index (χ4n) is 2.96. The van der Waals surface area contributed by atoms with Crippen molar-refractivity contribution in [3.8, 4) is 16.9 Å². The lowest BCUT2D eigenvalue weighted by molar-refractivity contribution is 0.143. The van der Waals surface area contributed by atoms with Gasteiger partial charge in [0.05, 0.1) is 0 Å². The Bertz CT molecular complexity index is 625. The van der Waals surface area contributed by atoms with Gasteiger partial charge in [0, 0.05) is 42.7 Å². The van der Waals surface area contributed by atoms with Crippen LogP contribution in [0.5, 0.6) is 5.75 Å². The fraction of sp³-hybridized carbons (Fsp3) is 0.421. The zero-order valence-electron chi connectivity index (χ0n) is 13.6. The molecule has 3 heteroatoms. The first-order chi connectivity index (χ1) is 10.6. The van der Waals surface area contributed by atoms with Gasteiger partial charge in [-0.2, -0.15) is 0 Å². The smallest absolute Gasteiger partial charge is 0.123 e. The van der Waals surface area contributed by atoms with Crippen molar-refractivity contribution in [1.82, 2.24) is 9.88 Å². The normalized spacial score (nSPS) is 18.6. The minimum Gasteiger partial charge on any atom is -0.492 e. The highest BCUT2D eigenvalue weighted by atomic mass is 16.5. The number of rotatable bonds is 3. The maximum absolute atomic E-state index is 6.01. The summed E-state index contributed by atoms with van der Waals surface area (Å²) in [5.74, 6) is 1.68. The van der Waals surface area contributed by atoms with E-state index in [0.29, 0.717) is 12.0 Å². The van der Waals surface area contributed by atoms with E-state index in [1.807, 2.05) is 18.5 Å². The summed E-state index contributed by atoms with van der Waals surface area (Å²) in [4.78, 5) is 6.73. The minimum atomic E-state index is 0.441. The van der Waals surface area contributed by atoms with Crippen molar-refractivity contribution < 1.29 is 4.74 Å². The van der Waals surface area contributed by atoms with Crippen LogP contribution in [0.2, 0.25) is 0 Å². The summed E-state index contributed by atoms with van der Waals surface area (Å²) in [6.45, 7) is 9.59. The third-order valence-electron chi connectivity index (χ3n) is 4.13. The van der Waals surface area contributed by atoms with E-state index in [4.69, 9.17) is 4.74 Å². The molecule has 2 heterocycles. The summed E-state index contributed by atoms with van der Waals surface area (Å²) in [5, 5.41) is 0. The van der Waals surface area contributed by atoms with Crippen molar-refractivity contribution in [2.45, 2.75) is 33.4 Å². The van der Waals surface area contributed by atoms with E-state index < -0.39 is 0 Å². The van der Waals surface area contributed by atoms with Crippen LogP contribution in [-0.4, -0.2) is 29.1 Å². The summed E-state index contributed by atoms with van der Waals surface area (Å²) >= 11 is 0. The zero-order valence-corrected chi connectivity index (χ0v) is 13.6. The van der Waals surface area contributed by atoms with Gasteiger partial charge in [-0.15, -0.1) is 0 Å². The first kappa shape index (κ1) is 15.0. The molecular weight excluding hydrogens is 272 g/mol. The van der Waals surface area contributed by atoms with Crippen LogP contribution in [0.4, 0.5) is 0 Å². The van der Waals surface area contributed by atoms with E-state index in [1.54, 1.807) is 0 Å². The highest BCUT2D eigenvalue weighted by Crippen LogP contribution is 2.30. The molecule has 0 fully saturated rings. The van der Waals surface area contributed by atoms with Gasteiger partial charge in [0.15, 0.2) is 0 Å². The summed E-state index contributed by atoms with van der Waals surface area (Å²) in [6, 6.07) is 11.0. The van der Waals surface area contributed by atoms with Crippen molar-refractivity contribution in [1.29, 1.82) is 0 Å². The van der Waals surface area contributed by atoms with Crippen LogP contribution in [0.1, 0.15) is 26.3 Å². The number of fused-ring (bicyclic) bond motifs is 1. The Labute approximate surface area is 132 Å². The molecule has 1 aliphatic heterocycles. The lowest BCUT2D eigenvalue weighted by Gasteiger charge is -2.27. The Morgan fingerprint density at radius 1 is 1.27 bits per heavy atom. The third-order valence-corrected chi connectivity index (χ3v) is 4.13. The lowest BCUT2D eigenvalue weighted by Crippen LogP contribution is -2.37. The molecule has 2 aromatic rings. The van der Waals surface area contributed by atoms with Gasteiger partial charge < -0.3 is 4.74 Å². The van der Waals surface area contributed by atoms with Gasteiger partial charge in [0.25, 0.3) is 0 Å². The second-order valence-electron chi connectivity index (χ2n) is 6.55. The topological polar surface area (TPSA) is 25.4 Å². The van der Waals surface area contributed by atoms with Gasteiger partial charge in [0.2, 0.25) is 0 Å². The molecule has 0 saturated heterocycles. The minimum absolute atomic E-state index is 0.441. The predicted octanol–water partition coefficient (Wildman–Crippen LogP) is 3.99. The van der Waals surface area contributed by atoms with E-state index in [9.17, 15) is 0 Å². The Morgan fingerprint density at radius 2 is 2.14 bits per heavy atom. The van der Waals surface area contributed by atoms with Crippen molar-refractivity contribution in [3.63, 3.8) is 0 Å². The number of ether oxygens (including phenoxy) is 1. The number of hydrogen-bond acceptors (Lipinski definition) is 3. The average Bonchev–Trinajstić information content (AvgIpc) is 2.67.